The smallest absolute Gasteiger partial charge is 0.305 e. The quantitative estimate of drug-likeness (QED) is 0.0417. The van der Waals surface area contributed by atoms with Crippen LogP contribution < -0.4 is 5.32 Å². The van der Waals surface area contributed by atoms with Crippen LogP contribution in [0.15, 0.2) is 0 Å². The fraction of sp³-hybridized carbons (Fsp3) is 0.968. The van der Waals surface area contributed by atoms with Gasteiger partial charge in [-0.3, -0.25) is 9.59 Å². The standard InChI is InChI=1S/C63H125NO5/c1-3-5-7-9-11-13-15-17-19-21-22-24-29-33-37-41-45-49-53-57-63(68)69-58-54-50-46-42-38-34-30-26-25-28-32-36-40-44-48-52-56-62(67)64-60(59-65)61(66)55-51-47-43-39-35-31-27-23-20-18-16-14-12-10-8-6-4-2/h60-61,65-66H,3-59H2,1-2H3,(H,64,67). The molecule has 0 aliphatic heterocycles. The van der Waals surface area contributed by atoms with Gasteiger partial charge in [0.15, 0.2) is 0 Å². The van der Waals surface area contributed by atoms with Gasteiger partial charge in [-0.1, -0.05) is 328 Å². The Labute approximate surface area is 432 Å². The Morgan fingerprint density at radius 3 is 0.884 bits per heavy atom. The molecule has 2 atom stereocenters. The van der Waals surface area contributed by atoms with Gasteiger partial charge in [0.25, 0.3) is 0 Å². The zero-order valence-electron chi connectivity index (χ0n) is 47.1. The number of rotatable bonds is 60. The van der Waals surface area contributed by atoms with Crippen LogP contribution in [0.2, 0.25) is 0 Å². The van der Waals surface area contributed by atoms with Crippen molar-refractivity contribution in [1.29, 1.82) is 0 Å². The highest BCUT2D eigenvalue weighted by molar-refractivity contribution is 5.76. The number of hydrogen-bond acceptors (Lipinski definition) is 5. The van der Waals surface area contributed by atoms with Gasteiger partial charge in [-0.2, -0.15) is 0 Å². The molecular weight excluding hydrogens is 851 g/mol. The molecule has 2 unspecified atom stereocenters. The lowest BCUT2D eigenvalue weighted by Gasteiger charge is -2.22. The van der Waals surface area contributed by atoms with Crippen LogP contribution in [-0.2, 0) is 14.3 Å². The predicted molar refractivity (Wildman–Crippen MR) is 301 cm³/mol. The van der Waals surface area contributed by atoms with Gasteiger partial charge in [0, 0.05) is 12.8 Å². The van der Waals surface area contributed by atoms with Crippen LogP contribution in [0.3, 0.4) is 0 Å². The van der Waals surface area contributed by atoms with E-state index in [0.29, 0.717) is 25.9 Å². The molecule has 6 heteroatoms. The van der Waals surface area contributed by atoms with Crippen molar-refractivity contribution in [3.05, 3.63) is 0 Å². The molecule has 0 spiro atoms. The van der Waals surface area contributed by atoms with E-state index in [4.69, 9.17) is 4.74 Å². The SMILES string of the molecule is CCCCCCCCCCCCCCCCCCCCCC(=O)OCCCCCCCCCCCCCCCCCCC(=O)NC(CO)C(O)CCCCCCCCCCCCCCCCCCC. The monoisotopic (exact) mass is 976 g/mol. The van der Waals surface area contributed by atoms with E-state index in [2.05, 4.69) is 19.2 Å². The molecule has 0 bridgehead atoms. The van der Waals surface area contributed by atoms with Gasteiger partial charge in [0.2, 0.25) is 5.91 Å². The largest absolute Gasteiger partial charge is 0.466 e. The second-order valence-corrected chi connectivity index (χ2v) is 22.1. The van der Waals surface area contributed by atoms with Gasteiger partial charge < -0.3 is 20.3 Å². The molecule has 412 valence electrons. The minimum Gasteiger partial charge on any atom is -0.466 e. The zero-order chi connectivity index (χ0) is 50.0. The highest BCUT2D eigenvalue weighted by Crippen LogP contribution is 2.19. The summed E-state index contributed by atoms with van der Waals surface area (Å²) in [7, 11) is 0. The topological polar surface area (TPSA) is 95.9 Å². The third-order valence-electron chi connectivity index (χ3n) is 15.2. The van der Waals surface area contributed by atoms with Crippen LogP contribution in [0.1, 0.15) is 367 Å². The lowest BCUT2D eigenvalue weighted by Crippen LogP contribution is -2.45. The molecule has 0 rings (SSSR count). The molecule has 0 aliphatic carbocycles. The first-order chi connectivity index (χ1) is 34.0. The van der Waals surface area contributed by atoms with Crippen LogP contribution in [0.25, 0.3) is 0 Å². The maximum atomic E-state index is 12.5. The number of unbranched alkanes of at least 4 members (excludes halogenated alkanes) is 49. The summed E-state index contributed by atoms with van der Waals surface area (Å²) in [6.45, 7) is 4.98. The van der Waals surface area contributed by atoms with Crippen molar-refractivity contribution in [3.8, 4) is 0 Å². The van der Waals surface area contributed by atoms with Crippen molar-refractivity contribution in [1.82, 2.24) is 5.32 Å². The van der Waals surface area contributed by atoms with Crippen molar-refractivity contribution in [2.75, 3.05) is 13.2 Å². The molecular formula is C63H125NO5. The van der Waals surface area contributed by atoms with E-state index in [0.717, 1.165) is 38.5 Å². The number of amides is 1. The van der Waals surface area contributed by atoms with Crippen LogP contribution in [0, 0.1) is 0 Å². The van der Waals surface area contributed by atoms with Gasteiger partial charge >= 0.3 is 5.97 Å². The summed E-state index contributed by atoms with van der Waals surface area (Å²) in [4.78, 5) is 24.6. The van der Waals surface area contributed by atoms with E-state index in [1.165, 1.54) is 295 Å². The van der Waals surface area contributed by atoms with Crippen LogP contribution in [0.5, 0.6) is 0 Å². The van der Waals surface area contributed by atoms with E-state index in [-0.39, 0.29) is 18.5 Å². The first kappa shape index (κ1) is 67.9. The molecule has 0 fully saturated rings. The lowest BCUT2D eigenvalue weighted by molar-refractivity contribution is -0.143. The highest BCUT2D eigenvalue weighted by atomic mass is 16.5. The van der Waals surface area contributed by atoms with Crippen LogP contribution in [-0.4, -0.2) is 47.4 Å². The Morgan fingerprint density at radius 2 is 0.594 bits per heavy atom. The number of carbonyl (C=O) groups is 2. The number of carbonyl (C=O) groups excluding carboxylic acids is 2. The zero-order valence-corrected chi connectivity index (χ0v) is 47.1. The molecule has 0 heterocycles. The first-order valence-electron chi connectivity index (χ1n) is 31.8. The average molecular weight is 977 g/mol. The normalized spacial score (nSPS) is 12.5. The molecule has 69 heavy (non-hydrogen) atoms. The van der Waals surface area contributed by atoms with Crippen molar-refractivity contribution < 1.29 is 24.5 Å². The Bertz CT molecular complexity index is 990. The Morgan fingerprint density at radius 1 is 0.348 bits per heavy atom. The van der Waals surface area contributed by atoms with Crippen molar-refractivity contribution in [2.45, 2.75) is 379 Å². The molecule has 0 saturated heterocycles. The van der Waals surface area contributed by atoms with Crippen LogP contribution >= 0.6 is 0 Å². The number of aliphatic hydroxyl groups excluding tert-OH is 2. The summed E-state index contributed by atoms with van der Waals surface area (Å²) in [5, 5.41) is 23.3. The lowest BCUT2D eigenvalue weighted by atomic mass is 10.0. The van der Waals surface area contributed by atoms with Crippen molar-refractivity contribution >= 4 is 11.9 Å². The second kappa shape index (κ2) is 59.4. The van der Waals surface area contributed by atoms with E-state index in [9.17, 15) is 19.8 Å². The second-order valence-electron chi connectivity index (χ2n) is 22.1. The van der Waals surface area contributed by atoms with E-state index in [1.807, 2.05) is 0 Å². The first-order valence-corrected chi connectivity index (χ1v) is 31.8. The minimum absolute atomic E-state index is 0.00933. The number of nitrogens with one attached hydrogen (secondary N) is 1. The number of aliphatic hydroxyl groups is 2. The van der Waals surface area contributed by atoms with E-state index < -0.39 is 12.1 Å². The summed E-state index contributed by atoms with van der Waals surface area (Å²) in [5.74, 6) is -0.0283. The average Bonchev–Trinajstić information content (AvgIpc) is 3.35. The Kier molecular flexibility index (Phi) is 58.4. The fourth-order valence-electron chi connectivity index (χ4n) is 10.3. The number of hydrogen-bond donors (Lipinski definition) is 3. The molecule has 0 aliphatic rings. The summed E-state index contributed by atoms with van der Waals surface area (Å²) in [6, 6.07) is -0.546. The maximum absolute atomic E-state index is 12.5. The van der Waals surface area contributed by atoms with Gasteiger partial charge in [0.05, 0.1) is 25.4 Å². The van der Waals surface area contributed by atoms with Gasteiger partial charge in [-0.15, -0.1) is 0 Å². The summed E-state index contributed by atoms with van der Waals surface area (Å²) >= 11 is 0. The van der Waals surface area contributed by atoms with Crippen LogP contribution in [0.4, 0.5) is 0 Å². The van der Waals surface area contributed by atoms with Crippen molar-refractivity contribution in [3.63, 3.8) is 0 Å². The van der Waals surface area contributed by atoms with E-state index in [1.54, 1.807) is 0 Å². The molecule has 0 aromatic rings. The summed E-state index contributed by atoms with van der Waals surface area (Å²) in [5.41, 5.74) is 0. The molecule has 1 amide bonds. The predicted octanol–water partition coefficient (Wildman–Crippen LogP) is 19.9. The van der Waals surface area contributed by atoms with Gasteiger partial charge in [0.1, 0.15) is 0 Å². The molecule has 0 aromatic heterocycles. The Balaban J connectivity index is 3.38. The minimum atomic E-state index is -0.668. The van der Waals surface area contributed by atoms with Gasteiger partial charge in [-0.05, 0) is 25.7 Å². The molecule has 0 radical (unpaired) electrons. The third-order valence-corrected chi connectivity index (χ3v) is 15.2. The highest BCUT2D eigenvalue weighted by Gasteiger charge is 2.20. The maximum Gasteiger partial charge on any atom is 0.305 e. The Hall–Kier alpha value is -1.14. The third kappa shape index (κ3) is 56.0. The van der Waals surface area contributed by atoms with Gasteiger partial charge in [-0.25, -0.2) is 0 Å². The molecule has 0 aromatic carbocycles. The van der Waals surface area contributed by atoms with E-state index >= 15 is 0 Å². The number of ether oxygens (including phenoxy) is 1. The number of esters is 1. The summed E-state index contributed by atoms with van der Waals surface area (Å²) < 4.78 is 5.50. The fourth-order valence-corrected chi connectivity index (χ4v) is 10.3. The summed E-state index contributed by atoms with van der Waals surface area (Å²) in [6.07, 6.45) is 69.7. The molecule has 3 N–H and O–H groups in total. The van der Waals surface area contributed by atoms with Crippen molar-refractivity contribution in [2.24, 2.45) is 0 Å². The molecule has 0 saturated carbocycles. The molecule has 6 nitrogen and oxygen atoms in total.